The molecule has 2 saturated heterocycles. The number of halogens is 1. The monoisotopic (exact) mass is 452 g/mol. The highest BCUT2D eigenvalue weighted by Gasteiger charge is 2.25. The van der Waals surface area contributed by atoms with E-state index in [4.69, 9.17) is 0 Å². The first-order valence-electron chi connectivity index (χ1n) is 10.4. The van der Waals surface area contributed by atoms with Crippen LogP contribution in [-0.4, -0.2) is 63.4 Å². The number of nitrogens with zero attached hydrogens (tertiary/aromatic N) is 5. The summed E-state index contributed by atoms with van der Waals surface area (Å²) in [6.07, 6.45) is 3.20. The largest absolute Gasteiger partial charge is 0.367 e. The molecule has 0 spiro atoms. The van der Waals surface area contributed by atoms with Crippen LogP contribution < -0.4 is 10.2 Å². The number of piperazine rings is 1. The van der Waals surface area contributed by atoms with E-state index in [1.807, 2.05) is 12.1 Å². The van der Waals surface area contributed by atoms with Crippen LogP contribution in [0.15, 0.2) is 41.4 Å². The van der Waals surface area contributed by atoms with Crippen LogP contribution in [0.2, 0.25) is 0 Å². The van der Waals surface area contributed by atoms with Crippen LogP contribution in [0.5, 0.6) is 0 Å². The summed E-state index contributed by atoms with van der Waals surface area (Å²) >= 11 is 0.834. The van der Waals surface area contributed by atoms with Crippen LogP contribution in [0, 0.1) is 5.82 Å². The molecule has 2 aliphatic rings. The fourth-order valence-electron chi connectivity index (χ4n) is 3.94. The molecule has 2 fully saturated rings. The lowest BCUT2D eigenvalue weighted by Gasteiger charge is -2.35. The van der Waals surface area contributed by atoms with E-state index in [1.165, 1.54) is 6.07 Å². The average molecular weight is 453 g/mol. The van der Waals surface area contributed by atoms with E-state index in [1.54, 1.807) is 28.9 Å². The molecule has 0 radical (unpaired) electrons. The molecule has 0 aliphatic carbocycles. The normalized spacial score (nSPS) is 18.7. The highest BCUT2D eigenvalue weighted by molar-refractivity contribution is 8.18. The minimum atomic E-state index is -0.440. The van der Waals surface area contributed by atoms with Crippen LogP contribution in [0.4, 0.5) is 14.9 Å². The standard InChI is InChI=1S/C22H21FN6O2S/c1-2-27-7-9-28(10-8-27)17-5-3-14(11-16(17)23)18-13-24-20-6-4-15(26-29(18)20)12-19-21(30)25-22(31)32-19/h3-6,11-13H,2,7-10H2,1H3,(H,25,30,31)/b19-12-. The zero-order chi connectivity index (χ0) is 22.2. The summed E-state index contributed by atoms with van der Waals surface area (Å²) in [5, 5.41) is 6.35. The summed E-state index contributed by atoms with van der Waals surface area (Å²) in [7, 11) is 0. The van der Waals surface area contributed by atoms with Crippen molar-refractivity contribution in [3.05, 3.63) is 52.9 Å². The van der Waals surface area contributed by atoms with Crippen molar-refractivity contribution in [2.45, 2.75) is 6.92 Å². The van der Waals surface area contributed by atoms with Crippen molar-refractivity contribution < 1.29 is 14.0 Å². The number of rotatable bonds is 4. The van der Waals surface area contributed by atoms with Gasteiger partial charge in [-0.3, -0.25) is 14.9 Å². The molecule has 2 aromatic heterocycles. The SMILES string of the molecule is CCN1CCN(c2ccc(-c3cnc4ccc(/C=C5\SC(=O)NC5=O)nn34)cc2F)CC1. The predicted molar refractivity (Wildman–Crippen MR) is 122 cm³/mol. The Hall–Kier alpha value is -3.24. The molecule has 164 valence electrons. The highest BCUT2D eigenvalue weighted by Crippen LogP contribution is 2.29. The van der Waals surface area contributed by atoms with E-state index in [9.17, 15) is 9.59 Å². The number of aromatic nitrogens is 3. The van der Waals surface area contributed by atoms with E-state index in [2.05, 4.69) is 32.1 Å². The maximum absolute atomic E-state index is 15.0. The van der Waals surface area contributed by atoms with Crippen LogP contribution in [0.25, 0.3) is 23.0 Å². The summed E-state index contributed by atoms with van der Waals surface area (Å²) in [5.41, 5.74) is 3.00. The minimum Gasteiger partial charge on any atom is -0.367 e. The lowest BCUT2D eigenvalue weighted by atomic mass is 10.1. The van der Waals surface area contributed by atoms with Crippen molar-refractivity contribution in [1.29, 1.82) is 0 Å². The van der Waals surface area contributed by atoms with Gasteiger partial charge in [-0.25, -0.2) is 13.9 Å². The van der Waals surface area contributed by atoms with E-state index < -0.39 is 11.1 Å². The maximum Gasteiger partial charge on any atom is 0.290 e. The van der Waals surface area contributed by atoms with Gasteiger partial charge in [0.1, 0.15) is 5.82 Å². The Morgan fingerprint density at radius 3 is 2.66 bits per heavy atom. The number of imidazole rings is 1. The molecular formula is C22H21FN6O2S. The van der Waals surface area contributed by atoms with E-state index >= 15 is 4.39 Å². The molecule has 10 heteroatoms. The first-order valence-corrected chi connectivity index (χ1v) is 11.2. The quantitative estimate of drug-likeness (QED) is 0.610. The number of benzene rings is 1. The maximum atomic E-state index is 15.0. The molecule has 0 atom stereocenters. The lowest BCUT2D eigenvalue weighted by molar-refractivity contribution is -0.115. The van der Waals surface area contributed by atoms with E-state index in [0.29, 0.717) is 28.3 Å². The van der Waals surface area contributed by atoms with Gasteiger partial charge < -0.3 is 9.80 Å². The Labute approximate surface area is 188 Å². The predicted octanol–water partition coefficient (Wildman–Crippen LogP) is 3.00. The molecule has 3 aromatic rings. The smallest absolute Gasteiger partial charge is 0.290 e. The number of fused-ring (bicyclic) bond motifs is 1. The number of hydrogen-bond acceptors (Lipinski definition) is 7. The Balaban J connectivity index is 1.44. The third-order valence-electron chi connectivity index (χ3n) is 5.71. The molecule has 32 heavy (non-hydrogen) atoms. The van der Waals surface area contributed by atoms with Crippen molar-refractivity contribution in [3.8, 4) is 11.3 Å². The second kappa shape index (κ2) is 8.36. The first kappa shape index (κ1) is 20.7. The molecule has 0 bridgehead atoms. The molecule has 8 nitrogen and oxygen atoms in total. The summed E-state index contributed by atoms with van der Waals surface area (Å²) in [6, 6.07) is 8.68. The van der Waals surface area contributed by atoms with Crippen LogP contribution in [0.1, 0.15) is 12.6 Å². The Kier molecular flexibility index (Phi) is 5.40. The van der Waals surface area contributed by atoms with Gasteiger partial charge in [-0.05, 0) is 48.6 Å². The fraction of sp³-hybridized carbons (Fsp3) is 0.273. The van der Waals surface area contributed by atoms with Gasteiger partial charge in [0.2, 0.25) is 0 Å². The molecule has 1 N–H and O–H groups in total. The summed E-state index contributed by atoms with van der Waals surface area (Å²) in [6.45, 7) is 6.59. The number of carbonyl (C=O) groups is 2. The second-order valence-electron chi connectivity index (χ2n) is 7.61. The Bertz CT molecular complexity index is 1250. The van der Waals surface area contributed by atoms with Gasteiger partial charge in [0.25, 0.3) is 11.1 Å². The number of carbonyl (C=O) groups excluding carboxylic acids is 2. The van der Waals surface area contributed by atoms with Gasteiger partial charge in [-0.1, -0.05) is 13.0 Å². The van der Waals surface area contributed by atoms with Gasteiger partial charge >= 0.3 is 0 Å². The molecule has 2 aliphatic heterocycles. The number of amides is 2. The number of imide groups is 1. The van der Waals surface area contributed by atoms with Crippen molar-refractivity contribution in [1.82, 2.24) is 24.8 Å². The topological polar surface area (TPSA) is 82.8 Å². The second-order valence-corrected chi connectivity index (χ2v) is 8.63. The van der Waals surface area contributed by atoms with Gasteiger partial charge in [-0.15, -0.1) is 0 Å². The van der Waals surface area contributed by atoms with Crippen molar-refractivity contribution >= 4 is 40.3 Å². The lowest BCUT2D eigenvalue weighted by Crippen LogP contribution is -2.46. The van der Waals surface area contributed by atoms with E-state index in [0.717, 1.165) is 44.5 Å². The number of hydrogen-bond donors (Lipinski definition) is 1. The number of likely N-dealkylation sites (N-methyl/N-ethyl adjacent to an activating group) is 1. The van der Waals surface area contributed by atoms with Gasteiger partial charge in [0.15, 0.2) is 5.65 Å². The van der Waals surface area contributed by atoms with Gasteiger partial charge in [0.05, 0.1) is 28.2 Å². The average Bonchev–Trinajstić information content (AvgIpc) is 3.35. The highest BCUT2D eigenvalue weighted by atomic mass is 32.2. The van der Waals surface area contributed by atoms with Crippen molar-refractivity contribution in [2.24, 2.45) is 0 Å². The molecule has 1 aromatic carbocycles. The minimum absolute atomic E-state index is 0.279. The van der Waals surface area contributed by atoms with Crippen LogP contribution in [-0.2, 0) is 4.79 Å². The first-order chi connectivity index (χ1) is 15.5. The Morgan fingerprint density at radius 1 is 1.16 bits per heavy atom. The summed E-state index contributed by atoms with van der Waals surface area (Å²) in [4.78, 5) is 32.3. The van der Waals surface area contributed by atoms with Gasteiger partial charge in [-0.2, -0.15) is 5.10 Å². The molecule has 0 saturated carbocycles. The third-order valence-corrected chi connectivity index (χ3v) is 6.52. The van der Waals surface area contributed by atoms with Crippen LogP contribution >= 0.6 is 11.8 Å². The van der Waals surface area contributed by atoms with Crippen molar-refractivity contribution in [2.75, 3.05) is 37.6 Å². The number of anilines is 1. The number of nitrogens with one attached hydrogen (secondary N) is 1. The molecule has 5 rings (SSSR count). The molecule has 0 unspecified atom stereocenters. The fourth-order valence-corrected chi connectivity index (χ4v) is 4.61. The van der Waals surface area contributed by atoms with Crippen LogP contribution in [0.3, 0.4) is 0 Å². The summed E-state index contributed by atoms with van der Waals surface area (Å²) < 4.78 is 16.7. The van der Waals surface area contributed by atoms with Gasteiger partial charge in [0, 0.05) is 31.7 Å². The zero-order valence-electron chi connectivity index (χ0n) is 17.4. The number of thioether (sulfide) groups is 1. The van der Waals surface area contributed by atoms with E-state index in [-0.39, 0.29) is 10.7 Å². The molecule has 4 heterocycles. The Morgan fingerprint density at radius 2 is 1.97 bits per heavy atom. The molecular weight excluding hydrogens is 431 g/mol. The third kappa shape index (κ3) is 3.87. The molecule has 2 amide bonds. The zero-order valence-corrected chi connectivity index (χ0v) is 18.2. The summed E-state index contributed by atoms with van der Waals surface area (Å²) in [5.74, 6) is -0.719. The van der Waals surface area contributed by atoms with Crippen molar-refractivity contribution in [3.63, 3.8) is 0 Å².